The zero-order chi connectivity index (χ0) is 31.8. The van der Waals surface area contributed by atoms with Gasteiger partial charge >= 0.3 is 0 Å². The summed E-state index contributed by atoms with van der Waals surface area (Å²) >= 11 is 6.25. The molecule has 1 fully saturated rings. The Bertz CT molecular complexity index is 1980. The van der Waals surface area contributed by atoms with E-state index in [4.69, 9.17) is 11.6 Å². The minimum absolute atomic E-state index is 0.000125. The summed E-state index contributed by atoms with van der Waals surface area (Å²) in [5.41, 5.74) is 2.72. The molecule has 0 aromatic heterocycles. The Hall–Kier alpha value is -4.06. The first kappa shape index (κ1) is 30.9. The molecule has 0 radical (unpaired) electrons. The molecule has 1 amide bonds. The van der Waals surface area contributed by atoms with Gasteiger partial charge in [-0.15, -0.1) is 0 Å². The number of halogens is 1. The zero-order valence-electron chi connectivity index (χ0n) is 24.6. The van der Waals surface area contributed by atoms with E-state index in [0.29, 0.717) is 30.9 Å². The van der Waals surface area contributed by atoms with Crippen LogP contribution in [0.2, 0.25) is 5.02 Å². The van der Waals surface area contributed by atoms with Crippen LogP contribution < -0.4 is 19.2 Å². The van der Waals surface area contributed by atoms with Crippen molar-refractivity contribution in [1.82, 2.24) is 0 Å². The third kappa shape index (κ3) is 6.25. The number of carbonyl (C=O) groups is 1. The number of nitrogens with zero attached hydrogens (tertiary/aromatic N) is 2. The van der Waals surface area contributed by atoms with Crippen LogP contribution in [0.3, 0.4) is 0 Å². The monoisotopic (exact) mass is 664 g/mol. The maximum atomic E-state index is 13.8. The highest BCUT2D eigenvalue weighted by atomic mass is 35.5. The van der Waals surface area contributed by atoms with Crippen LogP contribution in [0.15, 0.2) is 101 Å². The first-order chi connectivity index (χ1) is 21.5. The summed E-state index contributed by atoms with van der Waals surface area (Å²) in [7, 11) is -8.07. The van der Waals surface area contributed by atoms with E-state index >= 15 is 0 Å². The third-order valence-corrected chi connectivity index (χ3v) is 11.8. The van der Waals surface area contributed by atoms with Gasteiger partial charge in [-0.2, -0.15) is 0 Å². The van der Waals surface area contributed by atoms with Crippen LogP contribution in [0.4, 0.5) is 22.7 Å². The second-order valence-electron chi connectivity index (χ2n) is 11.3. The molecule has 6 rings (SSSR count). The molecule has 234 valence electrons. The molecule has 0 bridgehead atoms. The predicted octanol–water partition coefficient (Wildman–Crippen LogP) is 6.52. The molecule has 4 aromatic rings. The van der Waals surface area contributed by atoms with Crippen LogP contribution in [0.5, 0.6) is 0 Å². The lowest BCUT2D eigenvalue weighted by Crippen LogP contribution is -2.35. The second-order valence-corrected chi connectivity index (χ2v) is 15.2. The van der Waals surface area contributed by atoms with Gasteiger partial charge in [-0.1, -0.05) is 48.0 Å². The summed E-state index contributed by atoms with van der Waals surface area (Å²) in [6.07, 6.45) is 3.55. The number of sulfonamides is 2. The molecular weight excluding hydrogens is 632 g/mol. The quantitative estimate of drug-likeness (QED) is 0.222. The summed E-state index contributed by atoms with van der Waals surface area (Å²) in [6.45, 7) is 3.28. The molecule has 0 aliphatic carbocycles. The molecule has 0 unspecified atom stereocenters. The van der Waals surface area contributed by atoms with E-state index in [1.807, 2.05) is 24.0 Å². The highest BCUT2D eigenvalue weighted by Crippen LogP contribution is 2.37. The number of rotatable bonds is 8. The van der Waals surface area contributed by atoms with Gasteiger partial charge in [0.25, 0.3) is 26.0 Å². The van der Waals surface area contributed by atoms with E-state index in [1.165, 1.54) is 34.6 Å². The molecule has 1 atom stereocenters. The van der Waals surface area contributed by atoms with Crippen LogP contribution in [0.1, 0.15) is 42.1 Å². The lowest BCUT2D eigenvalue weighted by molar-refractivity contribution is 0.102. The van der Waals surface area contributed by atoms with Gasteiger partial charge in [0.2, 0.25) is 0 Å². The smallest absolute Gasteiger partial charge is 0.264 e. The number of hydrogen-bond donors (Lipinski definition) is 2. The highest BCUT2D eigenvalue weighted by Gasteiger charge is 2.36. The van der Waals surface area contributed by atoms with Crippen LogP contribution in [-0.2, 0) is 26.5 Å². The number of piperidine rings is 1. The van der Waals surface area contributed by atoms with Crippen molar-refractivity contribution in [3.05, 3.63) is 107 Å². The van der Waals surface area contributed by atoms with Crippen molar-refractivity contribution in [3.8, 4) is 0 Å². The van der Waals surface area contributed by atoms with Crippen LogP contribution in [-0.4, -0.2) is 41.9 Å². The topological polar surface area (TPSA) is 116 Å². The van der Waals surface area contributed by atoms with Crippen molar-refractivity contribution in [1.29, 1.82) is 0 Å². The number of carbonyl (C=O) groups excluding carboxylic acids is 1. The SMILES string of the molecule is C[C@@H]1Cc2ccccc2N1S(=O)(=O)c1cccc(C(=O)Nc2ccc(N3CCCCC3)c(S(=O)(=O)Nc3ccccc3Cl)c2)c1. The first-order valence-corrected chi connectivity index (χ1v) is 18.0. The number of anilines is 4. The van der Waals surface area contributed by atoms with E-state index in [-0.39, 0.29) is 37.8 Å². The Balaban J connectivity index is 1.30. The standard InChI is InChI=1S/C33H33ClN4O5S2/c1-23-20-24-10-3-6-15-30(24)38(23)45(42,43)27-12-9-11-25(21-27)33(39)35-26-16-17-31(37-18-7-2-8-19-37)32(22-26)44(40,41)36-29-14-5-4-13-28(29)34/h3-6,9-17,21-23,36H,2,7-8,18-20H2,1H3,(H,35,39)/t23-/m1/s1. The zero-order valence-corrected chi connectivity index (χ0v) is 27.0. The van der Waals surface area contributed by atoms with Gasteiger partial charge in [0, 0.05) is 30.4 Å². The molecule has 2 aliphatic heterocycles. The average Bonchev–Trinajstić information content (AvgIpc) is 3.39. The van der Waals surface area contributed by atoms with Crippen molar-refractivity contribution in [2.45, 2.75) is 48.4 Å². The number of para-hydroxylation sites is 2. The van der Waals surface area contributed by atoms with Crippen LogP contribution in [0.25, 0.3) is 0 Å². The molecule has 2 N–H and O–H groups in total. The third-order valence-electron chi connectivity index (χ3n) is 8.12. The molecule has 45 heavy (non-hydrogen) atoms. The van der Waals surface area contributed by atoms with Crippen LogP contribution in [0, 0.1) is 0 Å². The number of nitrogens with one attached hydrogen (secondary N) is 2. The van der Waals surface area contributed by atoms with Crippen molar-refractivity contribution in [2.75, 3.05) is 32.3 Å². The fraction of sp³-hybridized carbons (Fsp3) is 0.242. The van der Waals surface area contributed by atoms with E-state index in [9.17, 15) is 21.6 Å². The van der Waals surface area contributed by atoms with E-state index in [1.54, 1.807) is 48.5 Å². The maximum Gasteiger partial charge on any atom is 0.264 e. The first-order valence-electron chi connectivity index (χ1n) is 14.7. The van der Waals surface area contributed by atoms with E-state index < -0.39 is 26.0 Å². The summed E-state index contributed by atoms with van der Waals surface area (Å²) in [4.78, 5) is 15.5. The van der Waals surface area contributed by atoms with Crippen molar-refractivity contribution >= 4 is 60.3 Å². The van der Waals surface area contributed by atoms with Gasteiger partial charge in [0.15, 0.2) is 0 Å². The maximum absolute atomic E-state index is 13.8. The lowest BCUT2D eigenvalue weighted by atomic mass is 10.1. The minimum Gasteiger partial charge on any atom is -0.370 e. The number of benzene rings is 4. The average molecular weight is 665 g/mol. The molecule has 0 saturated carbocycles. The van der Waals surface area contributed by atoms with Crippen molar-refractivity contribution in [2.24, 2.45) is 0 Å². The molecule has 0 spiro atoms. The molecule has 9 nitrogen and oxygen atoms in total. The number of fused-ring (bicyclic) bond motifs is 1. The Morgan fingerprint density at radius 1 is 0.822 bits per heavy atom. The fourth-order valence-electron chi connectivity index (χ4n) is 5.96. The molecule has 12 heteroatoms. The van der Waals surface area contributed by atoms with Crippen molar-refractivity contribution in [3.63, 3.8) is 0 Å². The Morgan fingerprint density at radius 2 is 1.56 bits per heavy atom. The number of hydrogen-bond acceptors (Lipinski definition) is 6. The van der Waals surface area contributed by atoms with Gasteiger partial charge < -0.3 is 10.2 Å². The molecule has 2 heterocycles. The molecule has 4 aromatic carbocycles. The molecule has 2 aliphatic rings. The summed E-state index contributed by atoms with van der Waals surface area (Å²) in [5.74, 6) is -0.574. The molecule has 1 saturated heterocycles. The van der Waals surface area contributed by atoms with E-state index in [0.717, 1.165) is 24.8 Å². The van der Waals surface area contributed by atoms with Gasteiger partial charge in [-0.3, -0.25) is 13.8 Å². The van der Waals surface area contributed by atoms with E-state index in [2.05, 4.69) is 10.0 Å². The minimum atomic E-state index is -4.12. The van der Waals surface area contributed by atoms with Crippen molar-refractivity contribution < 1.29 is 21.6 Å². The summed E-state index contributed by atoms with van der Waals surface area (Å²) < 4.78 is 59.0. The summed E-state index contributed by atoms with van der Waals surface area (Å²) in [6, 6.07) is 24.3. The Morgan fingerprint density at radius 3 is 2.33 bits per heavy atom. The largest absolute Gasteiger partial charge is 0.370 e. The number of amides is 1. The van der Waals surface area contributed by atoms with Gasteiger partial charge in [0.1, 0.15) is 4.90 Å². The Kier molecular flexibility index (Phi) is 8.51. The highest BCUT2D eigenvalue weighted by molar-refractivity contribution is 7.93. The van der Waals surface area contributed by atoms with Gasteiger partial charge in [-0.25, -0.2) is 16.8 Å². The normalized spacial score (nSPS) is 16.7. The fourth-order valence-corrected chi connectivity index (χ4v) is 9.27. The van der Waals surface area contributed by atoms with Crippen LogP contribution >= 0.6 is 11.6 Å². The van der Waals surface area contributed by atoms with Gasteiger partial charge in [0.05, 0.1) is 27.0 Å². The summed E-state index contributed by atoms with van der Waals surface area (Å²) in [5, 5.41) is 3.02. The second kappa shape index (κ2) is 12.4. The molecular formula is C33H33ClN4O5S2. The van der Waals surface area contributed by atoms with Gasteiger partial charge in [-0.05, 0) is 92.8 Å². The Labute approximate surface area is 268 Å². The predicted molar refractivity (Wildman–Crippen MR) is 178 cm³/mol. The lowest BCUT2D eigenvalue weighted by Gasteiger charge is -2.30.